The third kappa shape index (κ3) is 5.21. The van der Waals surface area contributed by atoms with Crippen LogP contribution in [-0.4, -0.2) is 44.8 Å². The summed E-state index contributed by atoms with van der Waals surface area (Å²) in [5, 5.41) is 6.79. The molecule has 0 N–H and O–H groups in total. The third-order valence-corrected chi connectivity index (χ3v) is 7.83. The minimum absolute atomic E-state index is 0.0641. The van der Waals surface area contributed by atoms with Crippen molar-refractivity contribution >= 4 is 45.0 Å². The molecule has 0 saturated heterocycles. The molecule has 1 amide bonds. The van der Waals surface area contributed by atoms with Gasteiger partial charge in [-0.3, -0.25) is 4.79 Å². The standard InChI is InChI=1S/C31H33BrN4O/c1-34(2)26-16-8-21(9-17-26)20-24-6-5-7-28-29(24)33-36(31(37)23-10-14-25(32)15-11-23)30(28)22-12-18-27(19-13-22)35(3)4/h8-20,28,30H,5-7H2,1-4H3/b24-20-. The lowest BCUT2D eigenvalue weighted by Crippen LogP contribution is -2.32. The Kier molecular flexibility index (Phi) is 7.20. The minimum atomic E-state index is -0.123. The van der Waals surface area contributed by atoms with Gasteiger partial charge in [0.25, 0.3) is 5.91 Å². The van der Waals surface area contributed by atoms with Gasteiger partial charge in [0.1, 0.15) is 0 Å². The number of fused-ring (bicyclic) bond motifs is 1. The second-order valence-corrected chi connectivity index (χ2v) is 11.1. The van der Waals surface area contributed by atoms with Crippen LogP contribution in [0.25, 0.3) is 6.08 Å². The quantitative estimate of drug-likeness (QED) is 0.339. The van der Waals surface area contributed by atoms with Crippen molar-refractivity contribution in [3.63, 3.8) is 0 Å². The van der Waals surface area contributed by atoms with Crippen LogP contribution in [0.2, 0.25) is 0 Å². The van der Waals surface area contributed by atoms with E-state index in [1.165, 1.54) is 11.3 Å². The molecule has 0 radical (unpaired) electrons. The summed E-state index contributed by atoms with van der Waals surface area (Å²) >= 11 is 3.48. The van der Waals surface area contributed by atoms with Crippen LogP contribution in [0, 0.1) is 5.92 Å². The highest BCUT2D eigenvalue weighted by Gasteiger charge is 2.43. The fraction of sp³-hybridized carbons (Fsp3) is 0.290. The zero-order valence-electron chi connectivity index (χ0n) is 21.9. The highest BCUT2D eigenvalue weighted by molar-refractivity contribution is 9.10. The summed E-state index contributed by atoms with van der Waals surface area (Å²) in [6.07, 6.45) is 5.32. The molecule has 3 aromatic rings. The van der Waals surface area contributed by atoms with Crippen molar-refractivity contribution in [1.82, 2.24) is 5.01 Å². The molecule has 1 heterocycles. The molecule has 2 aliphatic rings. The van der Waals surface area contributed by atoms with E-state index in [2.05, 4.69) is 94.4 Å². The van der Waals surface area contributed by atoms with Crippen LogP contribution in [0.5, 0.6) is 0 Å². The number of carbonyl (C=O) groups excluding carboxylic acids is 1. The van der Waals surface area contributed by atoms with E-state index >= 15 is 0 Å². The summed E-state index contributed by atoms with van der Waals surface area (Å²) in [6.45, 7) is 0. The molecule has 0 spiro atoms. The van der Waals surface area contributed by atoms with E-state index < -0.39 is 0 Å². The zero-order valence-corrected chi connectivity index (χ0v) is 23.4. The molecule has 0 aromatic heterocycles. The van der Waals surface area contributed by atoms with E-state index in [0.717, 1.165) is 46.3 Å². The van der Waals surface area contributed by atoms with Crippen LogP contribution < -0.4 is 9.80 Å². The van der Waals surface area contributed by atoms with Crippen LogP contribution >= 0.6 is 15.9 Å². The average Bonchev–Trinajstić information content (AvgIpc) is 3.30. The smallest absolute Gasteiger partial charge is 0.274 e. The molecule has 6 heteroatoms. The first kappa shape index (κ1) is 25.3. The molecule has 2 unspecified atom stereocenters. The monoisotopic (exact) mass is 556 g/mol. The maximum absolute atomic E-state index is 13.8. The molecule has 37 heavy (non-hydrogen) atoms. The van der Waals surface area contributed by atoms with Crippen LogP contribution in [0.1, 0.15) is 46.8 Å². The maximum Gasteiger partial charge on any atom is 0.274 e. The summed E-state index contributed by atoms with van der Waals surface area (Å²) in [4.78, 5) is 18.0. The second kappa shape index (κ2) is 10.5. The third-order valence-electron chi connectivity index (χ3n) is 7.30. The summed E-state index contributed by atoms with van der Waals surface area (Å²) < 4.78 is 0.951. The molecule has 1 saturated carbocycles. The SMILES string of the molecule is CN(C)c1ccc(/C=C2/CCCC3C2=NN(C(=O)c2ccc(Br)cc2)C3c2ccc(N(C)C)cc2)cc1. The Bertz CT molecular complexity index is 1330. The van der Waals surface area contributed by atoms with E-state index in [-0.39, 0.29) is 17.9 Å². The summed E-state index contributed by atoms with van der Waals surface area (Å²) in [5.41, 5.74) is 7.52. The highest BCUT2D eigenvalue weighted by atomic mass is 79.9. The lowest BCUT2D eigenvalue weighted by atomic mass is 9.77. The number of amides is 1. The van der Waals surface area contributed by atoms with Crippen LogP contribution in [-0.2, 0) is 0 Å². The van der Waals surface area contributed by atoms with Crippen molar-refractivity contribution in [2.75, 3.05) is 38.0 Å². The van der Waals surface area contributed by atoms with Gasteiger partial charge < -0.3 is 9.80 Å². The lowest BCUT2D eigenvalue weighted by molar-refractivity contribution is 0.0681. The van der Waals surface area contributed by atoms with Crippen molar-refractivity contribution in [2.24, 2.45) is 11.0 Å². The van der Waals surface area contributed by atoms with Gasteiger partial charge in [-0.05, 0) is 90.6 Å². The van der Waals surface area contributed by atoms with Gasteiger partial charge in [-0.15, -0.1) is 0 Å². The summed E-state index contributed by atoms with van der Waals surface area (Å²) in [5.74, 6) is 0.108. The van der Waals surface area contributed by atoms with E-state index in [1.807, 2.05) is 38.4 Å². The molecule has 2 atom stereocenters. The number of anilines is 2. The Morgan fingerprint density at radius 1 is 0.892 bits per heavy atom. The van der Waals surface area contributed by atoms with Crippen LogP contribution in [0.15, 0.2) is 87.9 Å². The highest BCUT2D eigenvalue weighted by Crippen LogP contribution is 2.45. The maximum atomic E-state index is 13.8. The first-order valence-corrected chi connectivity index (χ1v) is 13.5. The number of halogens is 1. The fourth-order valence-electron chi connectivity index (χ4n) is 5.27. The Hall–Kier alpha value is -3.38. The zero-order chi connectivity index (χ0) is 26.1. The normalized spacial score (nSPS) is 20.0. The van der Waals surface area contributed by atoms with Crippen molar-refractivity contribution in [3.05, 3.63) is 99.5 Å². The molecule has 3 aromatic carbocycles. The first-order valence-electron chi connectivity index (χ1n) is 12.7. The van der Waals surface area contributed by atoms with E-state index in [9.17, 15) is 4.79 Å². The topological polar surface area (TPSA) is 39.1 Å². The number of hydrazone groups is 1. The number of carbonyl (C=O) groups is 1. The molecule has 5 nitrogen and oxygen atoms in total. The fourth-order valence-corrected chi connectivity index (χ4v) is 5.53. The van der Waals surface area contributed by atoms with Crippen LogP contribution in [0.4, 0.5) is 11.4 Å². The van der Waals surface area contributed by atoms with E-state index in [1.54, 1.807) is 5.01 Å². The number of allylic oxidation sites excluding steroid dienone is 1. The average molecular weight is 558 g/mol. The van der Waals surface area contributed by atoms with Gasteiger partial charge >= 0.3 is 0 Å². The first-order chi connectivity index (χ1) is 17.8. The molecule has 1 aliphatic heterocycles. The second-order valence-electron chi connectivity index (χ2n) is 10.2. The molecular weight excluding hydrogens is 524 g/mol. The Morgan fingerprint density at radius 2 is 1.49 bits per heavy atom. The van der Waals surface area contributed by atoms with Gasteiger partial charge in [-0.25, -0.2) is 5.01 Å². The molecule has 1 fully saturated rings. The van der Waals surface area contributed by atoms with Gasteiger partial charge in [0, 0.05) is 55.5 Å². The molecule has 5 rings (SSSR count). The van der Waals surface area contributed by atoms with Crippen molar-refractivity contribution in [2.45, 2.75) is 25.3 Å². The number of hydrogen-bond acceptors (Lipinski definition) is 4. The van der Waals surface area contributed by atoms with Crippen LogP contribution in [0.3, 0.4) is 0 Å². The molecular formula is C31H33BrN4O. The van der Waals surface area contributed by atoms with Gasteiger partial charge in [-0.2, -0.15) is 5.10 Å². The van der Waals surface area contributed by atoms with Crippen molar-refractivity contribution < 1.29 is 4.79 Å². The lowest BCUT2D eigenvalue weighted by Gasteiger charge is -2.30. The van der Waals surface area contributed by atoms with Crippen molar-refractivity contribution in [1.29, 1.82) is 0 Å². The van der Waals surface area contributed by atoms with Gasteiger partial charge in [-0.1, -0.05) is 40.2 Å². The van der Waals surface area contributed by atoms with Gasteiger partial charge in [0.15, 0.2) is 0 Å². The Balaban J connectivity index is 1.54. The van der Waals surface area contributed by atoms with Crippen molar-refractivity contribution in [3.8, 4) is 0 Å². The molecule has 0 bridgehead atoms. The Morgan fingerprint density at radius 3 is 2.08 bits per heavy atom. The predicted molar refractivity (Wildman–Crippen MR) is 157 cm³/mol. The predicted octanol–water partition coefficient (Wildman–Crippen LogP) is 7.02. The molecule has 1 aliphatic carbocycles. The summed E-state index contributed by atoms with van der Waals surface area (Å²) in [7, 11) is 8.18. The van der Waals surface area contributed by atoms with Gasteiger partial charge in [0.2, 0.25) is 0 Å². The molecule has 190 valence electrons. The number of hydrogen-bond donors (Lipinski definition) is 0. The number of rotatable bonds is 5. The number of benzene rings is 3. The minimum Gasteiger partial charge on any atom is -0.378 e. The van der Waals surface area contributed by atoms with Gasteiger partial charge in [0.05, 0.1) is 11.8 Å². The number of nitrogens with zero attached hydrogens (tertiary/aromatic N) is 4. The van der Waals surface area contributed by atoms with E-state index in [4.69, 9.17) is 5.10 Å². The largest absolute Gasteiger partial charge is 0.378 e. The summed E-state index contributed by atoms with van der Waals surface area (Å²) in [6, 6.07) is 24.6. The Labute approximate surface area is 228 Å². The van der Waals surface area contributed by atoms with E-state index in [0.29, 0.717) is 5.56 Å².